The second-order valence-corrected chi connectivity index (χ2v) is 8.71. The molecule has 0 aliphatic rings. The van der Waals surface area contributed by atoms with Gasteiger partial charge in [0, 0.05) is 17.4 Å². The van der Waals surface area contributed by atoms with E-state index in [4.69, 9.17) is 9.47 Å². The van der Waals surface area contributed by atoms with Gasteiger partial charge in [-0.15, -0.1) is 0 Å². The van der Waals surface area contributed by atoms with E-state index in [1.807, 2.05) is 18.4 Å². The maximum Gasteiger partial charge on any atom is 0.262 e. The molecule has 0 radical (unpaired) electrons. The number of nitrogens with zero attached hydrogens (tertiary/aromatic N) is 4. The summed E-state index contributed by atoms with van der Waals surface area (Å²) < 4.78 is 53.8. The number of hydrogen-bond donors (Lipinski definition) is 1. The summed E-state index contributed by atoms with van der Waals surface area (Å²) in [6, 6.07) is 11.3. The third-order valence-corrected chi connectivity index (χ3v) is 6.27. The zero-order chi connectivity index (χ0) is 23.6. The molecule has 170 valence electrons. The Morgan fingerprint density at radius 2 is 1.76 bits per heavy atom. The molecule has 33 heavy (non-hydrogen) atoms. The van der Waals surface area contributed by atoms with Crippen molar-refractivity contribution in [2.75, 3.05) is 11.8 Å². The highest BCUT2D eigenvalue weighted by molar-refractivity contribution is 7.92. The molecular formula is C22H20FN5O4S. The Balaban J connectivity index is 1.48. The molecule has 2 aromatic carbocycles. The van der Waals surface area contributed by atoms with Gasteiger partial charge in [-0.1, -0.05) is 0 Å². The van der Waals surface area contributed by atoms with E-state index in [1.54, 1.807) is 24.5 Å². The van der Waals surface area contributed by atoms with E-state index in [2.05, 4.69) is 19.7 Å². The minimum absolute atomic E-state index is 0.0401. The summed E-state index contributed by atoms with van der Waals surface area (Å²) in [5, 5.41) is 0. The van der Waals surface area contributed by atoms with Crippen molar-refractivity contribution < 1.29 is 22.3 Å². The van der Waals surface area contributed by atoms with Gasteiger partial charge in [0.05, 0.1) is 17.7 Å². The molecular weight excluding hydrogens is 449 g/mol. The molecule has 0 amide bonds. The molecule has 0 spiro atoms. The van der Waals surface area contributed by atoms with E-state index in [0.29, 0.717) is 17.4 Å². The smallest absolute Gasteiger partial charge is 0.262 e. The van der Waals surface area contributed by atoms with Gasteiger partial charge in [-0.3, -0.25) is 9.29 Å². The Bertz CT molecular complexity index is 1400. The number of nitrogens with one attached hydrogen (secondary N) is 1. The maximum atomic E-state index is 13.9. The quantitative estimate of drug-likeness (QED) is 0.435. The van der Waals surface area contributed by atoms with Crippen molar-refractivity contribution in [1.29, 1.82) is 0 Å². The van der Waals surface area contributed by atoms with Crippen LogP contribution in [0.1, 0.15) is 11.4 Å². The molecule has 0 bridgehead atoms. The highest BCUT2D eigenvalue weighted by Crippen LogP contribution is 2.26. The number of aryl methyl sites for hydroxylation is 1. The number of rotatable bonds is 7. The van der Waals surface area contributed by atoms with Crippen LogP contribution >= 0.6 is 0 Å². The Hall–Kier alpha value is -3.99. The first-order valence-corrected chi connectivity index (χ1v) is 11.2. The first-order valence-electron chi connectivity index (χ1n) is 9.74. The van der Waals surface area contributed by atoms with Gasteiger partial charge in [0.2, 0.25) is 5.88 Å². The number of hydrogen-bond acceptors (Lipinski definition) is 7. The van der Waals surface area contributed by atoms with Crippen LogP contribution in [0.25, 0.3) is 5.82 Å². The van der Waals surface area contributed by atoms with E-state index in [-0.39, 0.29) is 16.3 Å². The van der Waals surface area contributed by atoms with Crippen LogP contribution in [0.4, 0.5) is 10.1 Å². The van der Waals surface area contributed by atoms with Gasteiger partial charge >= 0.3 is 0 Å². The van der Waals surface area contributed by atoms with Crippen molar-refractivity contribution in [2.24, 2.45) is 0 Å². The molecule has 0 atom stereocenters. The van der Waals surface area contributed by atoms with Crippen LogP contribution in [0.5, 0.6) is 17.4 Å². The van der Waals surface area contributed by atoms with Crippen molar-refractivity contribution in [3.8, 4) is 23.2 Å². The number of anilines is 1. The van der Waals surface area contributed by atoms with Crippen LogP contribution in [-0.2, 0) is 10.0 Å². The summed E-state index contributed by atoms with van der Waals surface area (Å²) in [7, 11) is -2.68. The topological polar surface area (TPSA) is 108 Å². The van der Waals surface area contributed by atoms with Crippen LogP contribution in [0.2, 0.25) is 0 Å². The van der Waals surface area contributed by atoms with E-state index >= 15 is 0 Å². The second kappa shape index (κ2) is 8.87. The Kier molecular flexibility index (Phi) is 5.97. The van der Waals surface area contributed by atoms with Gasteiger partial charge in [-0.05, 0) is 56.3 Å². The van der Waals surface area contributed by atoms with Crippen LogP contribution in [0.15, 0.2) is 66.1 Å². The van der Waals surface area contributed by atoms with Crippen molar-refractivity contribution in [1.82, 2.24) is 19.5 Å². The summed E-state index contributed by atoms with van der Waals surface area (Å²) in [5.41, 5.74) is 2.13. The van der Waals surface area contributed by atoms with Crippen LogP contribution in [0.3, 0.4) is 0 Å². The van der Waals surface area contributed by atoms with Crippen LogP contribution in [-0.4, -0.2) is 35.0 Å². The third-order valence-electron chi connectivity index (χ3n) is 4.89. The Morgan fingerprint density at radius 1 is 1.00 bits per heavy atom. The van der Waals surface area contributed by atoms with Crippen molar-refractivity contribution in [3.05, 3.63) is 78.4 Å². The standard InChI is InChI=1S/C22H20FN5O4S/c1-14-15(2)28(13-26-14)21-11-22(25-12-24-21)32-17-6-4-16(5-7-17)27-33(29,30)18-8-9-20(31-3)19(23)10-18/h4-13,27H,1-3H3. The van der Waals surface area contributed by atoms with E-state index in [1.165, 1.54) is 37.7 Å². The summed E-state index contributed by atoms with van der Waals surface area (Å²) in [5.74, 6) is 0.551. The van der Waals surface area contributed by atoms with Gasteiger partial charge in [-0.2, -0.15) is 0 Å². The highest BCUT2D eigenvalue weighted by atomic mass is 32.2. The lowest BCUT2D eigenvalue weighted by molar-refractivity contribution is 0.385. The van der Waals surface area contributed by atoms with Crippen molar-refractivity contribution in [2.45, 2.75) is 18.7 Å². The van der Waals surface area contributed by atoms with E-state index in [9.17, 15) is 12.8 Å². The van der Waals surface area contributed by atoms with E-state index < -0.39 is 15.8 Å². The van der Waals surface area contributed by atoms with Gasteiger partial charge < -0.3 is 9.47 Å². The molecule has 1 N–H and O–H groups in total. The predicted molar refractivity (Wildman–Crippen MR) is 119 cm³/mol. The number of benzene rings is 2. The third kappa shape index (κ3) is 4.77. The molecule has 0 saturated heterocycles. The molecule has 9 nitrogen and oxygen atoms in total. The van der Waals surface area contributed by atoms with Crippen molar-refractivity contribution in [3.63, 3.8) is 0 Å². The fourth-order valence-corrected chi connectivity index (χ4v) is 4.06. The minimum atomic E-state index is -3.99. The summed E-state index contributed by atoms with van der Waals surface area (Å²) in [6.45, 7) is 3.84. The SMILES string of the molecule is COc1ccc(S(=O)(=O)Nc2ccc(Oc3cc(-n4cnc(C)c4C)ncn3)cc2)cc1F. The van der Waals surface area contributed by atoms with Gasteiger partial charge in [0.1, 0.15) is 24.2 Å². The minimum Gasteiger partial charge on any atom is -0.494 e. The lowest BCUT2D eigenvalue weighted by Gasteiger charge is -2.11. The van der Waals surface area contributed by atoms with Crippen LogP contribution < -0.4 is 14.2 Å². The average Bonchev–Trinajstić information content (AvgIpc) is 3.13. The summed E-state index contributed by atoms with van der Waals surface area (Å²) >= 11 is 0. The molecule has 4 rings (SSSR count). The van der Waals surface area contributed by atoms with E-state index in [0.717, 1.165) is 17.5 Å². The first kappa shape index (κ1) is 22.2. The lowest BCUT2D eigenvalue weighted by Crippen LogP contribution is -2.13. The van der Waals surface area contributed by atoms with Gasteiger partial charge in [0.15, 0.2) is 11.6 Å². The average molecular weight is 469 g/mol. The normalized spacial score (nSPS) is 11.3. The molecule has 11 heteroatoms. The molecule has 0 aliphatic heterocycles. The lowest BCUT2D eigenvalue weighted by atomic mass is 10.3. The number of methoxy groups -OCH3 is 1. The maximum absolute atomic E-state index is 13.9. The summed E-state index contributed by atoms with van der Waals surface area (Å²) in [6.07, 6.45) is 3.06. The molecule has 0 unspecified atom stereocenters. The monoisotopic (exact) mass is 469 g/mol. The highest BCUT2D eigenvalue weighted by Gasteiger charge is 2.17. The number of imidazole rings is 1. The number of ether oxygens (including phenoxy) is 2. The van der Waals surface area contributed by atoms with Crippen molar-refractivity contribution >= 4 is 15.7 Å². The number of aromatic nitrogens is 4. The van der Waals surface area contributed by atoms with Crippen LogP contribution in [0, 0.1) is 19.7 Å². The molecule has 0 aliphatic carbocycles. The fraction of sp³-hybridized carbons (Fsp3) is 0.136. The van der Waals surface area contributed by atoms with Gasteiger partial charge in [-0.25, -0.2) is 27.8 Å². The number of sulfonamides is 1. The number of halogens is 1. The molecule has 2 heterocycles. The fourth-order valence-electron chi connectivity index (χ4n) is 2.99. The predicted octanol–water partition coefficient (Wildman–Crippen LogP) is 4.02. The molecule has 2 aromatic heterocycles. The zero-order valence-electron chi connectivity index (χ0n) is 18.0. The largest absolute Gasteiger partial charge is 0.494 e. The van der Waals surface area contributed by atoms with Gasteiger partial charge in [0.25, 0.3) is 10.0 Å². The second-order valence-electron chi connectivity index (χ2n) is 7.03. The molecule has 0 saturated carbocycles. The Morgan fingerprint density at radius 3 is 2.39 bits per heavy atom. The molecule has 0 fully saturated rings. The summed E-state index contributed by atoms with van der Waals surface area (Å²) in [4.78, 5) is 12.4. The molecule has 4 aromatic rings. The first-order chi connectivity index (χ1) is 15.8. The zero-order valence-corrected chi connectivity index (χ0v) is 18.8. The Labute approximate surface area is 189 Å².